The summed E-state index contributed by atoms with van der Waals surface area (Å²) in [5.74, 6) is -0.833. The first-order chi connectivity index (χ1) is 6.45. The zero-order valence-electron chi connectivity index (χ0n) is 7.21. The molecule has 2 N–H and O–H groups in total. The molecule has 0 fully saturated rings. The number of alkyl halides is 3. The summed E-state index contributed by atoms with van der Waals surface area (Å²) in [7, 11) is 1.43. The standard InChI is InChI=1S/C6H8BrF2N3O2/c1-13-2-3(10)4-11-5(14-12-4)6(7,8)9/h3H,2,10H2,1H3. The lowest BCUT2D eigenvalue weighted by Crippen LogP contribution is -2.17. The molecule has 0 spiro atoms. The van der Waals surface area contributed by atoms with Crippen LogP contribution in [-0.2, 0) is 9.57 Å². The molecule has 0 saturated heterocycles. The van der Waals surface area contributed by atoms with Crippen LogP contribution in [0.25, 0.3) is 0 Å². The molecule has 0 aromatic carbocycles. The van der Waals surface area contributed by atoms with Gasteiger partial charge in [0.2, 0.25) is 0 Å². The number of halogens is 3. The lowest BCUT2D eigenvalue weighted by atomic mass is 10.3. The van der Waals surface area contributed by atoms with Crippen molar-refractivity contribution in [1.29, 1.82) is 0 Å². The highest BCUT2D eigenvalue weighted by atomic mass is 79.9. The minimum Gasteiger partial charge on any atom is -0.383 e. The number of methoxy groups -OCH3 is 1. The van der Waals surface area contributed by atoms with Gasteiger partial charge in [0, 0.05) is 23.0 Å². The predicted molar refractivity (Wildman–Crippen MR) is 45.9 cm³/mol. The molecule has 1 aromatic heterocycles. The second-order valence-corrected chi connectivity index (χ2v) is 3.51. The third kappa shape index (κ3) is 2.69. The molecule has 8 heteroatoms. The van der Waals surface area contributed by atoms with Gasteiger partial charge in [0.25, 0.3) is 0 Å². The minimum atomic E-state index is -3.33. The van der Waals surface area contributed by atoms with E-state index in [9.17, 15) is 8.78 Å². The Hall–Kier alpha value is -0.600. The van der Waals surface area contributed by atoms with Crippen LogP contribution in [-0.4, -0.2) is 23.9 Å². The van der Waals surface area contributed by atoms with Gasteiger partial charge in [-0.15, -0.1) is 0 Å². The summed E-state index contributed by atoms with van der Waals surface area (Å²) >= 11 is 2.09. The molecule has 0 saturated carbocycles. The van der Waals surface area contributed by atoms with Crippen LogP contribution >= 0.6 is 15.9 Å². The smallest absolute Gasteiger partial charge is 0.378 e. The summed E-state index contributed by atoms with van der Waals surface area (Å²) in [4.78, 5) is 0.0921. The monoisotopic (exact) mass is 271 g/mol. The van der Waals surface area contributed by atoms with Gasteiger partial charge in [0.1, 0.15) is 0 Å². The van der Waals surface area contributed by atoms with Crippen LogP contribution in [0.1, 0.15) is 17.8 Å². The molecule has 1 atom stereocenters. The number of ether oxygens (including phenoxy) is 1. The van der Waals surface area contributed by atoms with Crippen molar-refractivity contribution in [3.05, 3.63) is 11.7 Å². The molecule has 14 heavy (non-hydrogen) atoms. The number of hydrogen-bond acceptors (Lipinski definition) is 5. The van der Waals surface area contributed by atoms with Crippen LogP contribution in [0.3, 0.4) is 0 Å². The molecule has 0 radical (unpaired) electrons. The first-order valence-corrected chi connectivity index (χ1v) is 4.39. The average Bonchev–Trinajstić information content (AvgIpc) is 2.51. The second-order valence-electron chi connectivity index (χ2n) is 2.52. The molecule has 80 valence electrons. The van der Waals surface area contributed by atoms with Gasteiger partial charge in [0.15, 0.2) is 5.82 Å². The summed E-state index contributed by atoms with van der Waals surface area (Å²) in [6, 6.07) is -0.674. The van der Waals surface area contributed by atoms with E-state index in [1.165, 1.54) is 7.11 Å². The highest BCUT2D eigenvalue weighted by Gasteiger charge is 2.35. The molecule has 0 aliphatic carbocycles. The molecule has 5 nitrogen and oxygen atoms in total. The SMILES string of the molecule is COCC(N)c1noc(C(F)(F)Br)n1. The van der Waals surface area contributed by atoms with Crippen molar-refractivity contribution in [2.45, 2.75) is 10.9 Å². The second kappa shape index (κ2) is 4.28. The Morgan fingerprint density at radius 1 is 1.71 bits per heavy atom. The van der Waals surface area contributed by atoms with Gasteiger partial charge in [-0.2, -0.15) is 13.8 Å². The van der Waals surface area contributed by atoms with E-state index in [1.807, 2.05) is 0 Å². The summed E-state index contributed by atoms with van der Waals surface area (Å²) in [5.41, 5.74) is 5.49. The van der Waals surface area contributed by atoms with Crippen LogP contribution < -0.4 is 5.73 Å². The van der Waals surface area contributed by atoms with Crippen molar-refractivity contribution in [1.82, 2.24) is 10.1 Å². The van der Waals surface area contributed by atoms with Crippen LogP contribution in [0.5, 0.6) is 0 Å². The van der Waals surface area contributed by atoms with Crippen molar-refractivity contribution in [2.24, 2.45) is 5.73 Å². The first kappa shape index (κ1) is 11.5. The van der Waals surface area contributed by atoms with E-state index < -0.39 is 16.8 Å². The van der Waals surface area contributed by atoms with Crippen molar-refractivity contribution >= 4 is 15.9 Å². The number of aromatic nitrogens is 2. The molecule has 0 bridgehead atoms. The molecule has 1 heterocycles. The number of nitrogens with two attached hydrogens (primary N) is 1. The molecule has 1 unspecified atom stereocenters. The maximum Gasteiger partial charge on any atom is 0.378 e. The van der Waals surface area contributed by atoms with Gasteiger partial charge in [-0.05, 0) is 0 Å². The average molecular weight is 272 g/mol. The lowest BCUT2D eigenvalue weighted by molar-refractivity contribution is 0.0725. The highest BCUT2D eigenvalue weighted by Crippen LogP contribution is 2.33. The Bertz CT molecular complexity index is 302. The van der Waals surface area contributed by atoms with E-state index in [4.69, 9.17) is 10.5 Å². The van der Waals surface area contributed by atoms with Crippen LogP contribution in [0.2, 0.25) is 0 Å². The summed E-state index contributed by atoms with van der Waals surface area (Å²) in [6.45, 7) is 0.132. The fourth-order valence-electron chi connectivity index (χ4n) is 0.755. The minimum absolute atomic E-state index is 0.0130. The van der Waals surface area contributed by atoms with E-state index in [2.05, 4.69) is 30.6 Å². The summed E-state index contributed by atoms with van der Waals surface area (Å²) in [6.07, 6.45) is 0. The lowest BCUT2D eigenvalue weighted by Gasteiger charge is -2.03. The normalized spacial score (nSPS) is 14.4. The van der Waals surface area contributed by atoms with E-state index >= 15 is 0 Å². The first-order valence-electron chi connectivity index (χ1n) is 3.60. The Kier molecular flexibility index (Phi) is 3.51. The van der Waals surface area contributed by atoms with Crippen LogP contribution in [0.4, 0.5) is 8.78 Å². The molecule has 1 rings (SSSR count). The fourth-order valence-corrected chi connectivity index (χ4v) is 0.916. The highest BCUT2D eigenvalue weighted by molar-refractivity contribution is 9.09. The number of hydrogen-bond donors (Lipinski definition) is 1. The zero-order valence-corrected chi connectivity index (χ0v) is 8.79. The molecule has 1 aromatic rings. The maximum absolute atomic E-state index is 12.6. The molecular formula is C6H8BrF2N3O2. The van der Waals surface area contributed by atoms with Crippen LogP contribution in [0, 0.1) is 0 Å². The van der Waals surface area contributed by atoms with Crippen molar-refractivity contribution < 1.29 is 18.0 Å². The van der Waals surface area contributed by atoms with Gasteiger partial charge >= 0.3 is 10.7 Å². The number of nitrogens with zero attached hydrogens (tertiary/aromatic N) is 2. The maximum atomic E-state index is 12.6. The van der Waals surface area contributed by atoms with Gasteiger partial charge in [-0.3, -0.25) is 0 Å². The predicted octanol–water partition coefficient (Wildman–Crippen LogP) is 1.16. The Labute approximate surface area is 86.7 Å². The quantitative estimate of drug-likeness (QED) is 0.832. The Balaban J connectivity index is 2.78. The van der Waals surface area contributed by atoms with E-state index in [-0.39, 0.29) is 12.4 Å². The summed E-state index contributed by atoms with van der Waals surface area (Å²) < 4.78 is 34.1. The molecule has 0 aliphatic heterocycles. The Morgan fingerprint density at radius 2 is 2.36 bits per heavy atom. The van der Waals surface area contributed by atoms with E-state index in [0.717, 1.165) is 0 Å². The molecular weight excluding hydrogens is 264 g/mol. The zero-order chi connectivity index (χ0) is 10.8. The fraction of sp³-hybridized carbons (Fsp3) is 0.667. The largest absolute Gasteiger partial charge is 0.383 e. The van der Waals surface area contributed by atoms with Crippen molar-refractivity contribution in [3.63, 3.8) is 0 Å². The van der Waals surface area contributed by atoms with Gasteiger partial charge in [-0.25, -0.2) is 0 Å². The Morgan fingerprint density at radius 3 is 2.79 bits per heavy atom. The van der Waals surface area contributed by atoms with Crippen LogP contribution in [0.15, 0.2) is 4.52 Å². The number of rotatable bonds is 4. The third-order valence-corrected chi connectivity index (χ3v) is 1.70. The molecule has 0 amide bonds. The third-order valence-electron chi connectivity index (χ3n) is 1.36. The van der Waals surface area contributed by atoms with E-state index in [0.29, 0.717) is 0 Å². The topological polar surface area (TPSA) is 74.2 Å². The van der Waals surface area contributed by atoms with Crippen molar-refractivity contribution in [3.8, 4) is 0 Å². The summed E-state index contributed by atoms with van der Waals surface area (Å²) in [5, 5.41) is 3.30. The van der Waals surface area contributed by atoms with Gasteiger partial charge < -0.3 is 15.0 Å². The van der Waals surface area contributed by atoms with Gasteiger partial charge in [-0.1, -0.05) is 5.16 Å². The van der Waals surface area contributed by atoms with E-state index in [1.54, 1.807) is 0 Å². The van der Waals surface area contributed by atoms with Gasteiger partial charge in [0.05, 0.1) is 12.6 Å². The van der Waals surface area contributed by atoms with Crippen molar-refractivity contribution in [2.75, 3.05) is 13.7 Å². The molecule has 0 aliphatic rings.